The molecule has 39 heavy (non-hydrogen) atoms. The molecule has 4 rings (SSSR count). The highest BCUT2D eigenvalue weighted by Gasteiger charge is 2.48. The van der Waals surface area contributed by atoms with E-state index in [-0.39, 0.29) is 41.2 Å². The largest absolute Gasteiger partial charge is 0.416 e. The van der Waals surface area contributed by atoms with Crippen molar-refractivity contribution in [2.24, 2.45) is 0 Å². The van der Waals surface area contributed by atoms with Crippen LogP contribution in [0.15, 0.2) is 58.6 Å². The van der Waals surface area contributed by atoms with Gasteiger partial charge < -0.3 is 10.0 Å². The number of anilines is 1. The molecule has 2 aliphatic rings. The molecule has 1 fully saturated rings. The number of hydrogen-bond donors (Lipinski definition) is 1. The van der Waals surface area contributed by atoms with E-state index in [1.54, 1.807) is 0 Å². The lowest BCUT2D eigenvalue weighted by atomic mass is 9.93. The first kappa shape index (κ1) is 27.6. The number of nitrogens with zero attached hydrogens (tertiary/aromatic N) is 5. The van der Waals surface area contributed by atoms with E-state index in [9.17, 15) is 46.8 Å². The van der Waals surface area contributed by atoms with Crippen molar-refractivity contribution in [2.75, 3.05) is 24.2 Å². The predicted molar refractivity (Wildman–Crippen MR) is 129 cm³/mol. The summed E-state index contributed by atoms with van der Waals surface area (Å²) in [5.41, 5.74) is -1.94. The Morgan fingerprint density at radius 1 is 1.10 bits per heavy atom. The van der Waals surface area contributed by atoms with E-state index in [4.69, 9.17) is 0 Å². The molecule has 0 aromatic heterocycles. The van der Waals surface area contributed by atoms with Crippen molar-refractivity contribution in [3.05, 3.63) is 70.4 Å². The summed E-state index contributed by atoms with van der Waals surface area (Å²) in [6, 6.07) is 7.25. The number of hydrogen-bond acceptors (Lipinski definition) is 7. The molecule has 0 spiro atoms. The van der Waals surface area contributed by atoms with Crippen LogP contribution in [0.25, 0.3) is 0 Å². The Balaban J connectivity index is 2.00. The van der Waals surface area contributed by atoms with Crippen molar-refractivity contribution in [1.82, 2.24) is 9.80 Å². The molecule has 4 amide bonds. The zero-order chi connectivity index (χ0) is 28.9. The number of allylic oxidation sites excluding steroid dienone is 1. The highest BCUT2D eigenvalue weighted by atomic mass is 32.2. The summed E-state index contributed by atoms with van der Waals surface area (Å²) in [4.78, 5) is 29.5. The van der Waals surface area contributed by atoms with Crippen LogP contribution in [0, 0.1) is 22.7 Å². The second-order valence-electron chi connectivity index (χ2n) is 9.03. The van der Waals surface area contributed by atoms with Gasteiger partial charge in [-0.3, -0.25) is 4.90 Å². The van der Waals surface area contributed by atoms with E-state index >= 15 is 0 Å². The monoisotopic (exact) mass is 559 g/mol. The van der Waals surface area contributed by atoms with Gasteiger partial charge in [0.25, 0.3) is 0 Å². The number of urea groups is 2. The molecule has 14 heteroatoms. The summed E-state index contributed by atoms with van der Waals surface area (Å²) in [7, 11) is -4.06. The molecule has 2 aromatic rings. The lowest BCUT2D eigenvalue weighted by molar-refractivity contribution is -0.137. The fourth-order valence-corrected chi connectivity index (χ4v) is 5.43. The molecule has 1 N–H and O–H groups in total. The minimum absolute atomic E-state index is 0.0325. The van der Waals surface area contributed by atoms with Crippen molar-refractivity contribution in [1.29, 1.82) is 10.5 Å². The maximum atomic E-state index is 13.9. The Hall–Kier alpha value is -4.40. The zero-order valence-corrected chi connectivity index (χ0v) is 21.3. The normalized spacial score (nSPS) is 18.5. The maximum absolute atomic E-state index is 13.9. The number of imide groups is 1. The summed E-state index contributed by atoms with van der Waals surface area (Å²) in [5.74, 6) is 0. The van der Waals surface area contributed by atoms with Crippen LogP contribution in [-0.2, 0) is 16.0 Å². The zero-order valence-electron chi connectivity index (χ0n) is 20.5. The van der Waals surface area contributed by atoms with E-state index in [2.05, 4.69) is 0 Å². The minimum Gasteiger partial charge on any atom is -0.389 e. The number of aliphatic hydroxyl groups is 1. The second kappa shape index (κ2) is 9.72. The fourth-order valence-electron chi connectivity index (χ4n) is 4.48. The van der Waals surface area contributed by atoms with Crippen LogP contribution in [0.5, 0.6) is 0 Å². The first-order valence-electron chi connectivity index (χ1n) is 11.3. The number of rotatable bonds is 3. The van der Waals surface area contributed by atoms with E-state index in [1.165, 1.54) is 25.1 Å². The van der Waals surface area contributed by atoms with Crippen LogP contribution in [0.4, 0.5) is 28.4 Å². The smallest absolute Gasteiger partial charge is 0.389 e. The third-order valence-corrected chi connectivity index (χ3v) is 7.53. The summed E-state index contributed by atoms with van der Waals surface area (Å²) in [6.07, 6.45) is -4.77. The number of β-amino-alcohol motifs (C(OH)–C–C–N with tert-alkyl or cyclic N) is 1. The summed E-state index contributed by atoms with van der Waals surface area (Å²) in [6.45, 7) is 0.980. The Labute approximate surface area is 221 Å². The molecule has 2 aliphatic heterocycles. The van der Waals surface area contributed by atoms with Crippen molar-refractivity contribution in [2.45, 2.75) is 30.1 Å². The SMILES string of the molecule is CC1=C(C#N)[C@@H](c2ccc(C#N)cc2S(C)(=O)=O)N(C(=O)N2CC(O)C2)C(=O)N1c1cccc(C(F)(F)F)c1. The number of amides is 4. The second-order valence-corrected chi connectivity index (χ2v) is 11.0. The van der Waals surface area contributed by atoms with Gasteiger partial charge in [0.1, 0.15) is 6.04 Å². The molecule has 1 saturated heterocycles. The van der Waals surface area contributed by atoms with Gasteiger partial charge in [0.2, 0.25) is 0 Å². The summed E-state index contributed by atoms with van der Waals surface area (Å²) in [5, 5.41) is 29.2. The molecule has 0 unspecified atom stereocenters. The molecular formula is C25H20F3N5O5S. The molecule has 0 saturated carbocycles. The highest BCUT2D eigenvalue weighted by molar-refractivity contribution is 7.90. The van der Waals surface area contributed by atoms with Gasteiger partial charge in [0.15, 0.2) is 9.84 Å². The van der Waals surface area contributed by atoms with Crippen molar-refractivity contribution >= 4 is 27.6 Å². The molecular weight excluding hydrogens is 539 g/mol. The Kier molecular flexibility index (Phi) is 6.89. The number of aliphatic hydroxyl groups excluding tert-OH is 1. The molecule has 1 atom stereocenters. The van der Waals surface area contributed by atoms with Gasteiger partial charge in [-0.05, 0) is 42.8 Å². The lowest BCUT2D eigenvalue weighted by Crippen LogP contribution is -2.62. The summed E-state index contributed by atoms with van der Waals surface area (Å²) < 4.78 is 65.7. The Morgan fingerprint density at radius 2 is 1.77 bits per heavy atom. The first-order chi connectivity index (χ1) is 18.2. The molecule has 0 radical (unpaired) electrons. The number of carbonyl (C=O) groups excluding carboxylic acids is 2. The molecule has 0 bridgehead atoms. The molecule has 202 valence electrons. The number of carbonyl (C=O) groups is 2. The fraction of sp³-hybridized carbons (Fsp3) is 0.280. The van der Waals surface area contributed by atoms with Crippen molar-refractivity contribution < 1.29 is 36.3 Å². The molecule has 0 aliphatic carbocycles. The Bertz CT molecular complexity index is 1600. The quantitative estimate of drug-likeness (QED) is 0.605. The van der Waals surface area contributed by atoms with Crippen LogP contribution in [-0.4, -0.2) is 60.8 Å². The van der Waals surface area contributed by atoms with Gasteiger partial charge in [-0.25, -0.2) is 22.9 Å². The van der Waals surface area contributed by atoms with Gasteiger partial charge in [-0.2, -0.15) is 23.7 Å². The Morgan fingerprint density at radius 3 is 2.31 bits per heavy atom. The number of halogens is 3. The predicted octanol–water partition coefficient (Wildman–Crippen LogP) is 3.56. The third kappa shape index (κ3) is 4.92. The average Bonchev–Trinajstić information content (AvgIpc) is 2.85. The van der Waals surface area contributed by atoms with Gasteiger partial charge >= 0.3 is 18.2 Å². The lowest BCUT2D eigenvalue weighted by Gasteiger charge is -2.45. The van der Waals surface area contributed by atoms with E-state index in [0.29, 0.717) is 11.0 Å². The van der Waals surface area contributed by atoms with Crippen LogP contribution in [0.2, 0.25) is 0 Å². The topological polar surface area (TPSA) is 146 Å². The minimum atomic E-state index is -4.75. The number of nitriles is 2. The third-order valence-electron chi connectivity index (χ3n) is 6.38. The van der Waals surface area contributed by atoms with E-state index in [0.717, 1.165) is 34.3 Å². The highest BCUT2D eigenvalue weighted by Crippen LogP contribution is 2.43. The number of benzene rings is 2. The average molecular weight is 560 g/mol. The maximum Gasteiger partial charge on any atom is 0.416 e. The van der Waals surface area contributed by atoms with E-state index < -0.39 is 50.7 Å². The van der Waals surface area contributed by atoms with Crippen LogP contribution in [0.3, 0.4) is 0 Å². The van der Waals surface area contributed by atoms with Crippen LogP contribution in [0.1, 0.15) is 29.7 Å². The standard InChI is InChI=1S/C25H20F3N5O5S/c1-14-20(11-30)22(19-7-6-15(10-29)8-21(19)39(2,37)38)33(23(35)31-12-18(34)13-31)24(36)32(14)17-5-3-4-16(9-17)25(26,27)28/h3-9,18,22,34H,12-13H2,1-2H3/t22-/m1/s1. The van der Waals surface area contributed by atoms with Gasteiger partial charge in [-0.1, -0.05) is 12.1 Å². The first-order valence-corrected chi connectivity index (χ1v) is 13.2. The van der Waals surface area contributed by atoms with Crippen molar-refractivity contribution in [3.63, 3.8) is 0 Å². The number of alkyl halides is 3. The van der Waals surface area contributed by atoms with Gasteiger partial charge in [0, 0.05) is 12.0 Å². The summed E-state index contributed by atoms with van der Waals surface area (Å²) >= 11 is 0. The molecule has 2 aromatic carbocycles. The van der Waals surface area contributed by atoms with Crippen LogP contribution >= 0.6 is 0 Å². The molecule has 2 heterocycles. The van der Waals surface area contributed by atoms with E-state index in [1.807, 2.05) is 12.1 Å². The molecule has 10 nitrogen and oxygen atoms in total. The van der Waals surface area contributed by atoms with Crippen LogP contribution < -0.4 is 4.90 Å². The number of likely N-dealkylation sites (tertiary alicyclic amines) is 1. The number of sulfone groups is 1. The van der Waals surface area contributed by atoms with Gasteiger partial charge in [-0.15, -0.1) is 0 Å². The van der Waals surface area contributed by atoms with Crippen molar-refractivity contribution in [3.8, 4) is 12.1 Å². The van der Waals surface area contributed by atoms with Gasteiger partial charge in [0.05, 0.1) is 58.6 Å².